The number of nitrogens with zero attached hydrogens (tertiary/aromatic N) is 3. The third-order valence-corrected chi connectivity index (χ3v) is 8.70. The van der Waals surface area contributed by atoms with Crippen molar-refractivity contribution in [2.45, 2.75) is 72.1 Å². The third kappa shape index (κ3) is 5.95. The van der Waals surface area contributed by atoms with Crippen LogP contribution in [0.5, 0.6) is 0 Å². The predicted molar refractivity (Wildman–Crippen MR) is 142 cm³/mol. The Hall–Kier alpha value is -1.52. The summed E-state index contributed by atoms with van der Waals surface area (Å²) in [5.41, 5.74) is 6.45. The number of hydrogen-bond donors (Lipinski definition) is 0. The Morgan fingerprint density at radius 2 is 1.64 bits per heavy atom. The van der Waals surface area contributed by atoms with Gasteiger partial charge in [-0.05, 0) is 61.4 Å². The van der Waals surface area contributed by atoms with Gasteiger partial charge in [-0.1, -0.05) is 52.5 Å². The quantitative estimate of drug-likeness (QED) is 0.414. The minimum absolute atomic E-state index is 0.523. The second kappa shape index (κ2) is 11.8. The van der Waals surface area contributed by atoms with Crippen LogP contribution in [0.3, 0.4) is 0 Å². The van der Waals surface area contributed by atoms with Gasteiger partial charge in [0, 0.05) is 56.2 Å². The summed E-state index contributed by atoms with van der Waals surface area (Å²) in [5.74, 6) is 0. The number of morpholine rings is 1. The van der Waals surface area contributed by atoms with E-state index in [1.807, 2.05) is 0 Å². The first-order chi connectivity index (χ1) is 16.2. The normalized spacial score (nSPS) is 21.8. The molecular weight excluding hydrogens is 406 g/mol. The van der Waals surface area contributed by atoms with E-state index >= 15 is 0 Å². The molecule has 0 spiro atoms. The molecule has 184 valence electrons. The van der Waals surface area contributed by atoms with Crippen molar-refractivity contribution in [2.24, 2.45) is 5.41 Å². The van der Waals surface area contributed by atoms with Gasteiger partial charge >= 0.3 is 0 Å². The molecule has 2 fully saturated rings. The van der Waals surface area contributed by atoms with Gasteiger partial charge in [0.2, 0.25) is 0 Å². The average molecular weight is 454 g/mol. The molecule has 0 radical (unpaired) electrons. The topological polar surface area (TPSA) is 19.0 Å². The minimum Gasteiger partial charge on any atom is -0.378 e. The molecular formula is C29H47N3O. The van der Waals surface area contributed by atoms with E-state index in [9.17, 15) is 0 Å². The van der Waals surface area contributed by atoms with Crippen LogP contribution in [0.25, 0.3) is 5.57 Å². The summed E-state index contributed by atoms with van der Waals surface area (Å²) in [7, 11) is 0. The lowest BCUT2D eigenvalue weighted by Gasteiger charge is -2.39. The molecule has 0 N–H and O–H groups in total. The maximum atomic E-state index is 5.61. The first kappa shape index (κ1) is 24.6. The Morgan fingerprint density at radius 3 is 2.27 bits per heavy atom. The number of hydrogen-bond acceptors (Lipinski definition) is 4. The summed E-state index contributed by atoms with van der Waals surface area (Å²) in [6.45, 7) is 16.7. The van der Waals surface area contributed by atoms with E-state index < -0.39 is 0 Å². The smallest absolute Gasteiger partial charge is 0.0642 e. The standard InChI is InChI=1S/C29H47N3O/c1-4-7-8-15-30-16-18-32(19-17-30)28-10-9-26(31-20-22-33-23-21-31)24-27(28)25-11-13-29(5-2,6-3)14-12-25/h9-11,24H,4-8,12-23H2,1-3H3. The van der Waals surface area contributed by atoms with Gasteiger partial charge in [-0.25, -0.2) is 0 Å². The number of benzene rings is 1. The molecule has 2 heterocycles. The summed E-state index contributed by atoms with van der Waals surface area (Å²) >= 11 is 0. The van der Waals surface area contributed by atoms with Crippen LogP contribution < -0.4 is 9.80 Å². The van der Waals surface area contributed by atoms with E-state index in [0.29, 0.717) is 5.41 Å². The van der Waals surface area contributed by atoms with E-state index in [4.69, 9.17) is 4.74 Å². The SMILES string of the molecule is CCCCCN1CCN(c2ccc(N3CCOCC3)cc2C2=CCC(CC)(CC)CC2)CC1. The average Bonchev–Trinajstić information content (AvgIpc) is 2.89. The predicted octanol–water partition coefficient (Wildman–Crippen LogP) is 6.21. The largest absolute Gasteiger partial charge is 0.378 e. The molecule has 2 aliphatic heterocycles. The molecule has 0 amide bonds. The Morgan fingerprint density at radius 1 is 0.879 bits per heavy atom. The van der Waals surface area contributed by atoms with E-state index in [-0.39, 0.29) is 0 Å². The van der Waals surface area contributed by atoms with Crippen molar-refractivity contribution < 1.29 is 4.74 Å². The van der Waals surface area contributed by atoms with E-state index in [2.05, 4.69) is 59.7 Å². The van der Waals surface area contributed by atoms with Gasteiger partial charge in [-0.2, -0.15) is 0 Å². The van der Waals surface area contributed by atoms with Crippen LogP contribution in [0.15, 0.2) is 24.3 Å². The van der Waals surface area contributed by atoms with Gasteiger partial charge in [0.25, 0.3) is 0 Å². The van der Waals surface area contributed by atoms with Crippen molar-refractivity contribution in [3.8, 4) is 0 Å². The Balaban J connectivity index is 1.54. The van der Waals surface area contributed by atoms with Gasteiger partial charge in [0.05, 0.1) is 13.2 Å². The molecule has 1 aromatic rings. The summed E-state index contributed by atoms with van der Waals surface area (Å²) in [6.07, 6.45) is 13.0. The summed E-state index contributed by atoms with van der Waals surface area (Å²) in [5, 5.41) is 0. The van der Waals surface area contributed by atoms with Gasteiger partial charge in [0.15, 0.2) is 0 Å². The highest BCUT2D eigenvalue weighted by Gasteiger charge is 2.30. The maximum Gasteiger partial charge on any atom is 0.0642 e. The molecule has 4 nitrogen and oxygen atoms in total. The number of anilines is 2. The van der Waals surface area contributed by atoms with Crippen LogP contribution in [0.2, 0.25) is 0 Å². The zero-order chi connectivity index (χ0) is 23.1. The van der Waals surface area contributed by atoms with E-state index in [0.717, 1.165) is 39.4 Å². The number of allylic oxidation sites excluding steroid dienone is 2. The molecule has 4 heteroatoms. The Bertz CT molecular complexity index is 771. The molecule has 0 unspecified atom stereocenters. The molecule has 1 aromatic carbocycles. The zero-order valence-corrected chi connectivity index (χ0v) is 21.6. The maximum absolute atomic E-state index is 5.61. The van der Waals surface area contributed by atoms with E-state index in [1.165, 1.54) is 87.9 Å². The van der Waals surface area contributed by atoms with Crippen molar-refractivity contribution >= 4 is 16.9 Å². The number of unbranched alkanes of at least 4 members (excludes halogenated alkanes) is 2. The highest BCUT2D eigenvalue weighted by Crippen LogP contribution is 2.45. The molecule has 0 bridgehead atoms. The summed E-state index contributed by atoms with van der Waals surface area (Å²) in [4.78, 5) is 7.84. The Labute approximate surface area is 203 Å². The second-order valence-corrected chi connectivity index (χ2v) is 10.5. The number of ether oxygens (including phenoxy) is 1. The van der Waals surface area contributed by atoms with Gasteiger partial charge < -0.3 is 14.5 Å². The molecule has 33 heavy (non-hydrogen) atoms. The van der Waals surface area contributed by atoms with Crippen LogP contribution in [0.1, 0.15) is 77.7 Å². The first-order valence-electron chi connectivity index (χ1n) is 13.8. The fourth-order valence-electron chi connectivity index (χ4n) is 5.95. The van der Waals surface area contributed by atoms with Crippen LogP contribution in [0.4, 0.5) is 11.4 Å². The van der Waals surface area contributed by atoms with Crippen LogP contribution in [-0.4, -0.2) is 63.9 Å². The van der Waals surface area contributed by atoms with Crippen molar-refractivity contribution in [3.63, 3.8) is 0 Å². The summed E-state index contributed by atoms with van der Waals surface area (Å²) in [6, 6.07) is 7.30. The number of piperazine rings is 1. The monoisotopic (exact) mass is 453 g/mol. The zero-order valence-electron chi connectivity index (χ0n) is 21.6. The molecule has 2 saturated heterocycles. The van der Waals surface area contributed by atoms with Gasteiger partial charge in [-0.3, -0.25) is 4.90 Å². The molecule has 3 aliphatic rings. The molecule has 1 aliphatic carbocycles. The lowest BCUT2D eigenvalue weighted by atomic mass is 9.70. The molecule has 4 rings (SSSR count). The van der Waals surface area contributed by atoms with Crippen molar-refractivity contribution in [2.75, 3.05) is 68.8 Å². The lowest BCUT2D eigenvalue weighted by Crippen LogP contribution is -2.47. The highest BCUT2D eigenvalue weighted by atomic mass is 16.5. The minimum atomic E-state index is 0.523. The number of rotatable bonds is 9. The fraction of sp³-hybridized carbons (Fsp3) is 0.724. The van der Waals surface area contributed by atoms with Gasteiger partial charge in [-0.15, -0.1) is 0 Å². The van der Waals surface area contributed by atoms with Crippen LogP contribution in [0, 0.1) is 5.41 Å². The molecule has 0 aromatic heterocycles. The fourth-order valence-corrected chi connectivity index (χ4v) is 5.95. The third-order valence-electron chi connectivity index (χ3n) is 8.70. The molecule has 0 saturated carbocycles. The lowest BCUT2D eigenvalue weighted by molar-refractivity contribution is 0.122. The van der Waals surface area contributed by atoms with Crippen molar-refractivity contribution in [3.05, 3.63) is 29.8 Å². The van der Waals surface area contributed by atoms with Crippen LogP contribution in [-0.2, 0) is 4.74 Å². The second-order valence-electron chi connectivity index (χ2n) is 10.5. The Kier molecular flexibility index (Phi) is 8.76. The highest BCUT2D eigenvalue weighted by molar-refractivity contribution is 5.80. The summed E-state index contributed by atoms with van der Waals surface area (Å²) < 4.78 is 5.61. The van der Waals surface area contributed by atoms with E-state index in [1.54, 1.807) is 5.57 Å². The first-order valence-corrected chi connectivity index (χ1v) is 13.8. The van der Waals surface area contributed by atoms with Gasteiger partial charge in [0.1, 0.15) is 0 Å². The van der Waals surface area contributed by atoms with Crippen LogP contribution >= 0.6 is 0 Å². The van der Waals surface area contributed by atoms with Crippen molar-refractivity contribution in [1.82, 2.24) is 4.90 Å². The van der Waals surface area contributed by atoms with Crippen molar-refractivity contribution in [1.29, 1.82) is 0 Å². The molecule has 0 atom stereocenters.